The molecule has 1 N–H and O–H groups in total. The molecule has 28 heavy (non-hydrogen) atoms. The molecule has 2 aromatic rings. The van der Waals surface area contributed by atoms with Crippen molar-refractivity contribution in [1.82, 2.24) is 4.90 Å². The van der Waals surface area contributed by atoms with Crippen molar-refractivity contribution in [3.63, 3.8) is 0 Å². The van der Waals surface area contributed by atoms with Crippen LogP contribution in [0.3, 0.4) is 0 Å². The lowest BCUT2D eigenvalue weighted by Gasteiger charge is -2.16. The summed E-state index contributed by atoms with van der Waals surface area (Å²) >= 11 is 0. The second-order valence-corrected chi connectivity index (χ2v) is 6.68. The second kappa shape index (κ2) is 8.65. The molecule has 2 amide bonds. The number of carbonyl (C=O) groups excluding carboxylic acids is 3. The van der Waals surface area contributed by atoms with Crippen molar-refractivity contribution in [2.75, 3.05) is 25.5 Å². The number of likely N-dealkylation sites (tertiary alicyclic amines) is 1. The predicted octanol–water partition coefficient (Wildman–Crippen LogP) is 2.64. The van der Waals surface area contributed by atoms with Gasteiger partial charge in [-0.1, -0.05) is 12.1 Å². The Balaban J connectivity index is 1.53. The molecule has 1 aliphatic heterocycles. The molecule has 2 aromatic carbocycles. The first-order chi connectivity index (χ1) is 13.5. The summed E-state index contributed by atoms with van der Waals surface area (Å²) in [4.78, 5) is 37.8. The van der Waals surface area contributed by atoms with Crippen LogP contribution in [0.5, 0.6) is 0 Å². The molecule has 0 bridgehead atoms. The summed E-state index contributed by atoms with van der Waals surface area (Å²) in [7, 11) is 1.30. The third-order valence-electron chi connectivity index (χ3n) is 4.74. The number of esters is 1. The third-order valence-corrected chi connectivity index (χ3v) is 4.74. The van der Waals surface area contributed by atoms with E-state index in [1.54, 1.807) is 41.3 Å². The minimum atomic E-state index is -0.448. The molecule has 0 aliphatic carbocycles. The second-order valence-electron chi connectivity index (χ2n) is 6.68. The van der Waals surface area contributed by atoms with Crippen molar-refractivity contribution < 1.29 is 23.5 Å². The van der Waals surface area contributed by atoms with Crippen LogP contribution in [0.2, 0.25) is 0 Å². The van der Waals surface area contributed by atoms with Gasteiger partial charge in [-0.15, -0.1) is 0 Å². The van der Waals surface area contributed by atoms with Gasteiger partial charge in [-0.2, -0.15) is 0 Å². The highest BCUT2D eigenvalue weighted by molar-refractivity contribution is 5.97. The van der Waals surface area contributed by atoms with Crippen LogP contribution in [0.15, 0.2) is 48.5 Å². The van der Waals surface area contributed by atoms with Gasteiger partial charge in [0, 0.05) is 25.2 Å². The standard InChI is InChI=1S/C21H21FN2O4/c1-28-21(27)15-4-8-18(9-5-15)23-20(26)16-12-19(25)24(13-16)11-10-14-2-6-17(22)7-3-14/h2-9,16H,10-13H2,1H3,(H,23,26)/t16-/m0/s1. The van der Waals surface area contributed by atoms with Gasteiger partial charge < -0.3 is 15.0 Å². The van der Waals surface area contributed by atoms with Crippen LogP contribution in [0.1, 0.15) is 22.3 Å². The average molecular weight is 384 g/mol. The van der Waals surface area contributed by atoms with Gasteiger partial charge in [-0.05, 0) is 48.4 Å². The number of benzene rings is 2. The van der Waals surface area contributed by atoms with Crippen LogP contribution in [0.4, 0.5) is 10.1 Å². The smallest absolute Gasteiger partial charge is 0.337 e. The fraction of sp³-hybridized carbons (Fsp3) is 0.286. The van der Waals surface area contributed by atoms with Crippen LogP contribution >= 0.6 is 0 Å². The first kappa shape index (κ1) is 19.5. The maximum absolute atomic E-state index is 13.0. The molecule has 1 atom stereocenters. The van der Waals surface area contributed by atoms with E-state index < -0.39 is 11.9 Å². The zero-order valence-corrected chi connectivity index (χ0v) is 15.5. The van der Waals surface area contributed by atoms with Gasteiger partial charge in [0.05, 0.1) is 18.6 Å². The summed E-state index contributed by atoms with van der Waals surface area (Å²) in [5, 5.41) is 2.78. The molecule has 3 rings (SSSR count). The number of ether oxygens (including phenoxy) is 1. The summed E-state index contributed by atoms with van der Waals surface area (Å²) < 4.78 is 17.6. The highest BCUT2D eigenvalue weighted by atomic mass is 19.1. The van der Waals surface area contributed by atoms with Gasteiger partial charge >= 0.3 is 5.97 Å². The molecule has 1 heterocycles. The maximum Gasteiger partial charge on any atom is 0.337 e. The molecule has 1 fully saturated rings. The van der Waals surface area contributed by atoms with Crippen LogP contribution in [-0.4, -0.2) is 42.9 Å². The van der Waals surface area contributed by atoms with Crippen molar-refractivity contribution in [2.24, 2.45) is 5.92 Å². The summed E-state index contributed by atoms with van der Waals surface area (Å²) in [6.07, 6.45) is 0.769. The molecule has 0 saturated carbocycles. The Bertz CT molecular complexity index is 865. The van der Waals surface area contributed by atoms with E-state index in [1.807, 2.05) is 0 Å². The Labute approximate surface area is 162 Å². The van der Waals surface area contributed by atoms with E-state index >= 15 is 0 Å². The fourth-order valence-electron chi connectivity index (χ4n) is 3.13. The number of amides is 2. The van der Waals surface area contributed by atoms with Crippen LogP contribution in [0.25, 0.3) is 0 Å². The lowest BCUT2D eigenvalue weighted by molar-refractivity contribution is -0.128. The maximum atomic E-state index is 13.0. The number of hydrogen-bond acceptors (Lipinski definition) is 4. The quantitative estimate of drug-likeness (QED) is 0.777. The molecule has 0 aromatic heterocycles. The van der Waals surface area contributed by atoms with Gasteiger partial charge in [0.15, 0.2) is 0 Å². The number of nitrogens with zero attached hydrogens (tertiary/aromatic N) is 1. The van der Waals surface area contributed by atoms with Crippen LogP contribution in [0, 0.1) is 11.7 Å². The van der Waals surface area contributed by atoms with Gasteiger partial charge in [0.1, 0.15) is 5.82 Å². The van der Waals surface area contributed by atoms with Crippen molar-refractivity contribution in [1.29, 1.82) is 0 Å². The Hall–Kier alpha value is -3.22. The Morgan fingerprint density at radius 1 is 1.14 bits per heavy atom. The Morgan fingerprint density at radius 2 is 1.82 bits per heavy atom. The number of carbonyl (C=O) groups is 3. The third kappa shape index (κ3) is 4.73. The lowest BCUT2D eigenvalue weighted by Crippen LogP contribution is -2.30. The largest absolute Gasteiger partial charge is 0.465 e. The van der Waals surface area contributed by atoms with E-state index in [0.717, 1.165) is 5.56 Å². The summed E-state index contributed by atoms with van der Waals surface area (Å²) in [5.74, 6) is -1.47. The fourth-order valence-corrected chi connectivity index (χ4v) is 3.13. The number of methoxy groups -OCH3 is 1. The molecule has 1 saturated heterocycles. The molecular weight excluding hydrogens is 363 g/mol. The number of anilines is 1. The van der Waals surface area contributed by atoms with E-state index in [2.05, 4.69) is 10.1 Å². The van der Waals surface area contributed by atoms with Gasteiger partial charge in [0.25, 0.3) is 0 Å². The molecule has 146 valence electrons. The molecule has 7 heteroatoms. The first-order valence-corrected chi connectivity index (χ1v) is 8.97. The van der Waals surface area contributed by atoms with Gasteiger partial charge in [0.2, 0.25) is 11.8 Å². The minimum Gasteiger partial charge on any atom is -0.465 e. The normalized spacial score (nSPS) is 16.1. The van der Waals surface area contributed by atoms with E-state index in [1.165, 1.54) is 19.2 Å². The zero-order chi connectivity index (χ0) is 20.1. The van der Waals surface area contributed by atoms with Crippen LogP contribution < -0.4 is 5.32 Å². The van der Waals surface area contributed by atoms with E-state index in [9.17, 15) is 18.8 Å². The average Bonchev–Trinajstić information content (AvgIpc) is 3.08. The predicted molar refractivity (Wildman–Crippen MR) is 101 cm³/mol. The number of rotatable bonds is 6. The van der Waals surface area contributed by atoms with Gasteiger partial charge in [-0.3, -0.25) is 9.59 Å². The summed E-state index contributed by atoms with van der Waals surface area (Å²) in [6, 6.07) is 12.5. The molecular formula is C21H21FN2O4. The van der Waals surface area contributed by atoms with E-state index in [0.29, 0.717) is 30.8 Å². The highest BCUT2D eigenvalue weighted by Crippen LogP contribution is 2.21. The topological polar surface area (TPSA) is 75.7 Å². The van der Waals surface area contributed by atoms with Crippen molar-refractivity contribution in [3.8, 4) is 0 Å². The molecule has 0 radical (unpaired) electrons. The summed E-state index contributed by atoms with van der Waals surface area (Å²) in [5.41, 5.74) is 1.88. The Kier molecular flexibility index (Phi) is 6.03. The monoisotopic (exact) mass is 384 g/mol. The van der Waals surface area contributed by atoms with Crippen molar-refractivity contribution >= 4 is 23.5 Å². The first-order valence-electron chi connectivity index (χ1n) is 8.97. The molecule has 1 aliphatic rings. The molecule has 0 unspecified atom stereocenters. The van der Waals surface area contributed by atoms with Crippen molar-refractivity contribution in [2.45, 2.75) is 12.8 Å². The minimum absolute atomic E-state index is 0.0664. The van der Waals surface area contributed by atoms with Crippen molar-refractivity contribution in [3.05, 3.63) is 65.5 Å². The highest BCUT2D eigenvalue weighted by Gasteiger charge is 2.34. The number of halogens is 1. The summed E-state index contributed by atoms with van der Waals surface area (Å²) in [6.45, 7) is 0.841. The molecule has 0 spiro atoms. The van der Waals surface area contributed by atoms with Gasteiger partial charge in [-0.25, -0.2) is 9.18 Å². The number of nitrogens with one attached hydrogen (secondary N) is 1. The molecule has 6 nitrogen and oxygen atoms in total. The lowest BCUT2D eigenvalue weighted by atomic mass is 10.1. The van der Waals surface area contributed by atoms with E-state index in [-0.39, 0.29) is 24.1 Å². The van der Waals surface area contributed by atoms with Crippen LogP contribution in [-0.2, 0) is 20.7 Å². The Morgan fingerprint density at radius 3 is 2.46 bits per heavy atom. The zero-order valence-electron chi connectivity index (χ0n) is 15.5. The SMILES string of the molecule is COC(=O)c1ccc(NC(=O)[C@H]2CC(=O)N(CCc3ccc(F)cc3)C2)cc1. The number of hydrogen-bond donors (Lipinski definition) is 1. The van der Waals surface area contributed by atoms with E-state index in [4.69, 9.17) is 0 Å².